The highest BCUT2D eigenvalue weighted by Gasteiger charge is 2.13. The molecule has 0 saturated carbocycles. The Morgan fingerprint density at radius 2 is 1.84 bits per heavy atom. The van der Waals surface area contributed by atoms with Gasteiger partial charge in [0.1, 0.15) is 6.61 Å². The average Bonchev–Trinajstić information content (AvgIpc) is 3.34. The Balaban J connectivity index is 1.46. The standard InChI is InChI=1S/C25H24N4O3/c1-31-15-16-32-24-12-11-21(17-26-24)28-25(30)23-6-3-2-5-22(23)20-9-7-19(8-10-20)18-29-14-4-13-27-29/h2-14,17H,15-16,18H2,1H3,(H,28,30). The van der Waals surface area contributed by atoms with Crippen LogP contribution in [-0.4, -0.2) is 41.0 Å². The molecule has 0 radical (unpaired) electrons. The van der Waals surface area contributed by atoms with Gasteiger partial charge in [-0.15, -0.1) is 0 Å². The normalized spacial score (nSPS) is 10.7. The summed E-state index contributed by atoms with van der Waals surface area (Å²) in [4.78, 5) is 17.2. The summed E-state index contributed by atoms with van der Waals surface area (Å²) < 4.78 is 12.3. The molecule has 7 heteroatoms. The minimum Gasteiger partial charge on any atom is -0.475 e. The molecule has 0 fully saturated rings. The summed E-state index contributed by atoms with van der Waals surface area (Å²) >= 11 is 0. The lowest BCUT2D eigenvalue weighted by Crippen LogP contribution is -2.13. The Morgan fingerprint density at radius 3 is 2.56 bits per heavy atom. The summed E-state index contributed by atoms with van der Waals surface area (Å²) in [6, 6.07) is 21.1. The van der Waals surface area contributed by atoms with E-state index in [1.54, 1.807) is 31.6 Å². The fraction of sp³-hybridized carbons (Fsp3) is 0.160. The molecule has 1 N–H and O–H groups in total. The van der Waals surface area contributed by atoms with Gasteiger partial charge in [-0.05, 0) is 34.9 Å². The number of aromatic nitrogens is 3. The van der Waals surface area contributed by atoms with Gasteiger partial charge >= 0.3 is 0 Å². The number of hydrogen-bond acceptors (Lipinski definition) is 5. The molecule has 0 saturated heterocycles. The molecule has 0 aliphatic rings. The van der Waals surface area contributed by atoms with Crippen molar-refractivity contribution in [1.29, 1.82) is 0 Å². The monoisotopic (exact) mass is 428 g/mol. The van der Waals surface area contributed by atoms with E-state index in [0.717, 1.165) is 16.7 Å². The minimum absolute atomic E-state index is 0.198. The summed E-state index contributed by atoms with van der Waals surface area (Å²) in [5.41, 5.74) is 4.16. The zero-order valence-electron chi connectivity index (χ0n) is 17.8. The van der Waals surface area contributed by atoms with E-state index >= 15 is 0 Å². The van der Waals surface area contributed by atoms with Gasteiger partial charge in [0, 0.05) is 31.1 Å². The van der Waals surface area contributed by atoms with Crippen molar-refractivity contribution in [2.24, 2.45) is 0 Å². The number of pyridine rings is 1. The maximum absolute atomic E-state index is 13.0. The summed E-state index contributed by atoms with van der Waals surface area (Å²) in [5, 5.41) is 7.15. The van der Waals surface area contributed by atoms with Crippen LogP contribution in [0.1, 0.15) is 15.9 Å². The Morgan fingerprint density at radius 1 is 1.00 bits per heavy atom. The molecule has 7 nitrogen and oxygen atoms in total. The topological polar surface area (TPSA) is 78.3 Å². The van der Waals surface area contributed by atoms with E-state index in [2.05, 4.69) is 27.5 Å². The predicted octanol–water partition coefficient (Wildman–Crippen LogP) is 4.27. The molecule has 1 amide bonds. The third kappa shape index (κ3) is 5.39. The van der Waals surface area contributed by atoms with Crippen LogP contribution in [-0.2, 0) is 11.3 Å². The van der Waals surface area contributed by atoms with Crippen LogP contribution in [0.4, 0.5) is 5.69 Å². The van der Waals surface area contributed by atoms with E-state index in [0.29, 0.717) is 36.9 Å². The van der Waals surface area contributed by atoms with Crippen LogP contribution in [0.3, 0.4) is 0 Å². The van der Waals surface area contributed by atoms with Gasteiger partial charge in [-0.1, -0.05) is 42.5 Å². The third-order valence-electron chi connectivity index (χ3n) is 4.87. The second-order valence-corrected chi connectivity index (χ2v) is 7.13. The van der Waals surface area contributed by atoms with Crippen LogP contribution in [0, 0.1) is 0 Å². The van der Waals surface area contributed by atoms with Crippen LogP contribution >= 0.6 is 0 Å². The number of methoxy groups -OCH3 is 1. The van der Waals surface area contributed by atoms with Gasteiger partial charge in [-0.25, -0.2) is 4.98 Å². The van der Waals surface area contributed by atoms with Crippen molar-refractivity contribution < 1.29 is 14.3 Å². The summed E-state index contributed by atoms with van der Waals surface area (Å²) in [5.74, 6) is 0.284. The zero-order valence-corrected chi connectivity index (χ0v) is 17.8. The van der Waals surface area contributed by atoms with E-state index in [1.165, 1.54) is 0 Å². The third-order valence-corrected chi connectivity index (χ3v) is 4.87. The SMILES string of the molecule is COCCOc1ccc(NC(=O)c2ccccc2-c2ccc(Cn3cccn3)cc2)cn1. The molecule has 0 aliphatic carbocycles. The van der Waals surface area contributed by atoms with Gasteiger partial charge in [0.05, 0.1) is 25.0 Å². The predicted molar refractivity (Wildman–Crippen MR) is 123 cm³/mol. The summed E-state index contributed by atoms with van der Waals surface area (Å²) in [6.45, 7) is 1.61. The van der Waals surface area contributed by atoms with E-state index < -0.39 is 0 Å². The molecule has 2 heterocycles. The van der Waals surface area contributed by atoms with E-state index in [1.807, 2.05) is 53.3 Å². The summed E-state index contributed by atoms with van der Waals surface area (Å²) in [7, 11) is 1.61. The van der Waals surface area contributed by atoms with Crippen molar-refractivity contribution in [3.8, 4) is 17.0 Å². The van der Waals surface area contributed by atoms with Crippen molar-refractivity contribution in [2.75, 3.05) is 25.6 Å². The summed E-state index contributed by atoms with van der Waals surface area (Å²) in [6.07, 6.45) is 5.27. The maximum Gasteiger partial charge on any atom is 0.256 e. The molecule has 32 heavy (non-hydrogen) atoms. The second-order valence-electron chi connectivity index (χ2n) is 7.13. The van der Waals surface area contributed by atoms with Gasteiger partial charge in [0.2, 0.25) is 5.88 Å². The molecular weight excluding hydrogens is 404 g/mol. The number of carbonyl (C=O) groups excluding carboxylic acids is 1. The van der Waals surface area contributed by atoms with Gasteiger partial charge in [0.25, 0.3) is 5.91 Å². The molecule has 0 bridgehead atoms. The lowest BCUT2D eigenvalue weighted by molar-refractivity contribution is 0.102. The van der Waals surface area contributed by atoms with E-state index in [-0.39, 0.29) is 5.91 Å². The molecular formula is C25H24N4O3. The maximum atomic E-state index is 13.0. The lowest BCUT2D eigenvalue weighted by Gasteiger charge is -2.12. The zero-order chi connectivity index (χ0) is 22.2. The Hall–Kier alpha value is -3.97. The average molecular weight is 428 g/mol. The quantitative estimate of drug-likeness (QED) is 0.403. The fourth-order valence-corrected chi connectivity index (χ4v) is 3.27. The first kappa shape index (κ1) is 21.3. The number of ether oxygens (including phenoxy) is 2. The van der Waals surface area contributed by atoms with Gasteiger partial charge in [-0.2, -0.15) is 5.10 Å². The molecule has 2 aromatic carbocycles. The van der Waals surface area contributed by atoms with Gasteiger partial charge < -0.3 is 14.8 Å². The molecule has 162 valence electrons. The number of rotatable bonds is 9. The number of amides is 1. The first-order valence-corrected chi connectivity index (χ1v) is 10.3. The fourth-order valence-electron chi connectivity index (χ4n) is 3.27. The first-order chi connectivity index (χ1) is 15.7. The van der Waals surface area contributed by atoms with Crippen LogP contribution < -0.4 is 10.1 Å². The Bertz CT molecular complexity index is 1140. The van der Waals surface area contributed by atoms with Crippen molar-refractivity contribution in [2.45, 2.75) is 6.54 Å². The molecule has 0 unspecified atom stereocenters. The van der Waals surface area contributed by atoms with Crippen LogP contribution in [0.15, 0.2) is 85.3 Å². The molecule has 4 aromatic rings. The number of anilines is 1. The number of benzene rings is 2. The number of carbonyl (C=O) groups is 1. The largest absolute Gasteiger partial charge is 0.475 e. The van der Waals surface area contributed by atoms with Crippen molar-refractivity contribution in [3.05, 3.63) is 96.4 Å². The van der Waals surface area contributed by atoms with E-state index in [4.69, 9.17) is 9.47 Å². The first-order valence-electron chi connectivity index (χ1n) is 10.3. The molecule has 0 aliphatic heterocycles. The van der Waals surface area contributed by atoms with Crippen molar-refractivity contribution in [3.63, 3.8) is 0 Å². The van der Waals surface area contributed by atoms with E-state index in [9.17, 15) is 4.79 Å². The second kappa shape index (κ2) is 10.4. The van der Waals surface area contributed by atoms with Crippen LogP contribution in [0.2, 0.25) is 0 Å². The van der Waals surface area contributed by atoms with Crippen LogP contribution in [0.25, 0.3) is 11.1 Å². The molecule has 0 atom stereocenters. The Labute approximate surface area is 186 Å². The highest BCUT2D eigenvalue weighted by atomic mass is 16.5. The van der Waals surface area contributed by atoms with Crippen molar-refractivity contribution in [1.82, 2.24) is 14.8 Å². The molecule has 0 spiro atoms. The molecule has 2 aromatic heterocycles. The smallest absolute Gasteiger partial charge is 0.256 e. The Kier molecular flexibility index (Phi) is 6.89. The molecule has 4 rings (SSSR count). The highest BCUT2D eigenvalue weighted by Crippen LogP contribution is 2.25. The number of nitrogens with one attached hydrogen (secondary N) is 1. The lowest BCUT2D eigenvalue weighted by atomic mass is 9.98. The van der Waals surface area contributed by atoms with Crippen molar-refractivity contribution >= 4 is 11.6 Å². The van der Waals surface area contributed by atoms with Crippen LogP contribution in [0.5, 0.6) is 5.88 Å². The number of hydrogen-bond donors (Lipinski definition) is 1. The minimum atomic E-state index is -0.198. The van der Waals surface area contributed by atoms with Gasteiger partial charge in [-0.3, -0.25) is 9.48 Å². The highest BCUT2D eigenvalue weighted by molar-refractivity contribution is 6.08. The number of nitrogens with zero attached hydrogens (tertiary/aromatic N) is 3. The van der Waals surface area contributed by atoms with Gasteiger partial charge in [0.15, 0.2) is 0 Å².